The van der Waals surface area contributed by atoms with Crippen molar-refractivity contribution in [2.75, 3.05) is 7.05 Å². The normalized spacial score (nSPS) is 16.0. The Morgan fingerprint density at radius 1 is 1.24 bits per heavy atom. The third-order valence-electron chi connectivity index (χ3n) is 3.78. The van der Waals surface area contributed by atoms with Crippen molar-refractivity contribution in [3.63, 3.8) is 0 Å². The van der Waals surface area contributed by atoms with Gasteiger partial charge >= 0.3 is 0 Å². The van der Waals surface area contributed by atoms with Crippen LogP contribution < -0.4 is 5.73 Å². The van der Waals surface area contributed by atoms with E-state index in [-0.39, 0.29) is 18.1 Å². The van der Waals surface area contributed by atoms with Crippen molar-refractivity contribution in [1.29, 1.82) is 0 Å². The molecule has 0 aliphatic carbocycles. The van der Waals surface area contributed by atoms with E-state index in [0.717, 1.165) is 9.50 Å². The molecule has 2 aromatic rings. The molecule has 0 fully saturated rings. The van der Waals surface area contributed by atoms with Gasteiger partial charge in [0.15, 0.2) is 0 Å². The third-order valence-corrected chi connectivity index (χ3v) is 5.80. The molecule has 0 spiro atoms. The fourth-order valence-corrected chi connectivity index (χ4v) is 4.37. The standard InChI is InChI=1S/C16H20BrClN2S/c1-10(19)16(15-8-13(17)9-21-15)20(3)11(2)12-4-6-14(18)7-5-12/h4-11,16H,19H2,1-3H3. The van der Waals surface area contributed by atoms with Crippen LogP contribution in [0.25, 0.3) is 0 Å². The van der Waals surface area contributed by atoms with Gasteiger partial charge in [-0.05, 0) is 60.6 Å². The zero-order valence-electron chi connectivity index (χ0n) is 12.4. The highest BCUT2D eigenvalue weighted by atomic mass is 79.9. The highest BCUT2D eigenvalue weighted by molar-refractivity contribution is 9.10. The summed E-state index contributed by atoms with van der Waals surface area (Å²) in [4.78, 5) is 3.60. The number of hydrogen-bond acceptors (Lipinski definition) is 3. The van der Waals surface area contributed by atoms with Crippen LogP contribution in [-0.4, -0.2) is 18.0 Å². The topological polar surface area (TPSA) is 29.3 Å². The Labute approximate surface area is 144 Å². The van der Waals surface area contributed by atoms with E-state index in [1.54, 1.807) is 11.3 Å². The van der Waals surface area contributed by atoms with E-state index >= 15 is 0 Å². The van der Waals surface area contributed by atoms with Crippen molar-refractivity contribution >= 4 is 38.9 Å². The number of halogens is 2. The van der Waals surface area contributed by atoms with E-state index in [2.05, 4.69) is 65.3 Å². The summed E-state index contributed by atoms with van der Waals surface area (Å²) in [7, 11) is 2.13. The fraction of sp³-hybridized carbons (Fsp3) is 0.375. The second-order valence-electron chi connectivity index (χ2n) is 5.36. The monoisotopic (exact) mass is 386 g/mol. The summed E-state index contributed by atoms with van der Waals surface area (Å²) >= 11 is 11.2. The largest absolute Gasteiger partial charge is 0.326 e. The number of likely N-dealkylation sites (N-methyl/N-ethyl adjacent to an activating group) is 1. The average Bonchev–Trinajstić information content (AvgIpc) is 2.84. The molecular formula is C16H20BrClN2S. The lowest BCUT2D eigenvalue weighted by atomic mass is 10.0. The van der Waals surface area contributed by atoms with Crippen molar-refractivity contribution in [1.82, 2.24) is 4.90 Å². The van der Waals surface area contributed by atoms with Gasteiger partial charge in [-0.1, -0.05) is 23.7 Å². The van der Waals surface area contributed by atoms with Crippen molar-refractivity contribution in [3.05, 3.63) is 55.6 Å². The Bertz CT molecular complexity index is 582. The predicted octanol–water partition coefficient (Wildman–Crippen LogP) is 5.25. The van der Waals surface area contributed by atoms with E-state index in [1.807, 2.05) is 12.1 Å². The molecule has 1 aromatic heterocycles. The smallest absolute Gasteiger partial charge is 0.0593 e. The van der Waals surface area contributed by atoms with Gasteiger partial charge in [-0.2, -0.15) is 0 Å². The van der Waals surface area contributed by atoms with Crippen LogP contribution in [0, 0.1) is 0 Å². The lowest BCUT2D eigenvalue weighted by Gasteiger charge is -2.35. The number of nitrogens with zero attached hydrogens (tertiary/aromatic N) is 1. The van der Waals surface area contributed by atoms with Gasteiger partial charge in [-0.25, -0.2) is 0 Å². The number of hydrogen-bond donors (Lipinski definition) is 1. The number of nitrogens with two attached hydrogens (primary N) is 1. The Balaban J connectivity index is 2.25. The van der Waals surface area contributed by atoms with Crippen LogP contribution in [0.3, 0.4) is 0 Å². The van der Waals surface area contributed by atoms with Gasteiger partial charge in [-0.3, -0.25) is 4.90 Å². The number of rotatable bonds is 5. The van der Waals surface area contributed by atoms with Gasteiger partial charge in [0.25, 0.3) is 0 Å². The van der Waals surface area contributed by atoms with Gasteiger partial charge in [0.05, 0.1) is 6.04 Å². The Morgan fingerprint density at radius 2 is 1.86 bits per heavy atom. The van der Waals surface area contributed by atoms with Gasteiger partial charge in [0.1, 0.15) is 0 Å². The summed E-state index contributed by atoms with van der Waals surface area (Å²) < 4.78 is 1.11. The SMILES string of the molecule is CC(N)C(c1cc(Br)cs1)N(C)C(C)c1ccc(Cl)cc1. The zero-order chi connectivity index (χ0) is 15.6. The van der Waals surface area contributed by atoms with E-state index in [0.29, 0.717) is 0 Å². The number of thiophene rings is 1. The van der Waals surface area contributed by atoms with Crippen molar-refractivity contribution in [3.8, 4) is 0 Å². The molecule has 0 aliphatic heterocycles. The molecule has 21 heavy (non-hydrogen) atoms. The van der Waals surface area contributed by atoms with Crippen LogP contribution in [-0.2, 0) is 0 Å². The third kappa shape index (κ3) is 4.08. The summed E-state index contributed by atoms with van der Waals surface area (Å²) in [6.45, 7) is 4.25. The van der Waals surface area contributed by atoms with Crippen LogP contribution in [0.2, 0.25) is 5.02 Å². The second kappa shape index (κ2) is 7.25. The van der Waals surface area contributed by atoms with Crippen LogP contribution in [0.15, 0.2) is 40.2 Å². The molecule has 1 aromatic carbocycles. The molecule has 1 heterocycles. The second-order valence-corrected chi connectivity index (χ2v) is 7.66. The van der Waals surface area contributed by atoms with Gasteiger partial charge < -0.3 is 5.73 Å². The molecule has 0 radical (unpaired) electrons. The molecule has 3 atom stereocenters. The molecule has 3 unspecified atom stereocenters. The van der Waals surface area contributed by atoms with Crippen molar-refractivity contribution in [2.45, 2.75) is 32.0 Å². The minimum atomic E-state index is 0.0512. The van der Waals surface area contributed by atoms with E-state index < -0.39 is 0 Å². The van der Waals surface area contributed by atoms with Gasteiger partial charge in [-0.15, -0.1) is 11.3 Å². The molecule has 0 saturated carbocycles. The highest BCUT2D eigenvalue weighted by Crippen LogP contribution is 2.35. The van der Waals surface area contributed by atoms with Crippen LogP contribution in [0.1, 0.15) is 36.4 Å². The minimum absolute atomic E-state index is 0.0512. The summed E-state index contributed by atoms with van der Waals surface area (Å²) in [6, 6.07) is 10.7. The van der Waals surface area contributed by atoms with Gasteiger partial charge in [0.2, 0.25) is 0 Å². The van der Waals surface area contributed by atoms with Crippen molar-refractivity contribution < 1.29 is 0 Å². The average molecular weight is 388 g/mol. The molecule has 0 saturated heterocycles. The summed E-state index contributed by atoms with van der Waals surface area (Å²) in [5.41, 5.74) is 7.49. The molecular weight excluding hydrogens is 368 g/mol. The van der Waals surface area contributed by atoms with Crippen LogP contribution in [0.4, 0.5) is 0 Å². The first kappa shape index (κ1) is 17.0. The first-order valence-corrected chi connectivity index (χ1v) is 8.92. The Morgan fingerprint density at radius 3 is 2.33 bits per heavy atom. The minimum Gasteiger partial charge on any atom is -0.326 e. The molecule has 2 nitrogen and oxygen atoms in total. The molecule has 114 valence electrons. The molecule has 0 bridgehead atoms. The first-order valence-electron chi connectivity index (χ1n) is 6.87. The maximum Gasteiger partial charge on any atom is 0.0593 e. The molecule has 0 aliphatic rings. The lowest BCUT2D eigenvalue weighted by Crippen LogP contribution is -2.38. The fourth-order valence-electron chi connectivity index (χ4n) is 2.53. The summed E-state index contributed by atoms with van der Waals surface area (Å²) in [5.74, 6) is 0. The van der Waals surface area contributed by atoms with Crippen molar-refractivity contribution in [2.24, 2.45) is 5.73 Å². The van der Waals surface area contributed by atoms with Crippen LogP contribution >= 0.6 is 38.9 Å². The predicted molar refractivity (Wildman–Crippen MR) is 96.0 cm³/mol. The maximum atomic E-state index is 6.25. The highest BCUT2D eigenvalue weighted by Gasteiger charge is 2.26. The molecule has 2 N–H and O–H groups in total. The quantitative estimate of drug-likeness (QED) is 0.759. The number of benzene rings is 1. The molecule has 5 heteroatoms. The Hall–Kier alpha value is -0.390. The molecule has 0 amide bonds. The van der Waals surface area contributed by atoms with E-state index in [1.165, 1.54) is 10.4 Å². The van der Waals surface area contributed by atoms with E-state index in [9.17, 15) is 0 Å². The first-order chi connectivity index (χ1) is 9.90. The van der Waals surface area contributed by atoms with Crippen LogP contribution in [0.5, 0.6) is 0 Å². The Kier molecular flexibility index (Phi) is 5.86. The molecule has 2 rings (SSSR count). The zero-order valence-corrected chi connectivity index (χ0v) is 15.5. The summed E-state index contributed by atoms with van der Waals surface area (Å²) in [6.07, 6.45) is 0. The maximum absolute atomic E-state index is 6.25. The van der Waals surface area contributed by atoms with E-state index in [4.69, 9.17) is 17.3 Å². The summed E-state index contributed by atoms with van der Waals surface area (Å²) in [5, 5.41) is 2.87. The lowest BCUT2D eigenvalue weighted by molar-refractivity contribution is 0.168. The van der Waals surface area contributed by atoms with Gasteiger partial charge in [0, 0.05) is 31.8 Å².